The van der Waals surface area contributed by atoms with Crippen molar-refractivity contribution >= 4 is 35.7 Å². The molecule has 0 aromatic heterocycles. The van der Waals surface area contributed by atoms with Crippen molar-refractivity contribution in [3.63, 3.8) is 0 Å². The molecular formula is C8H20O4PtSi4. The van der Waals surface area contributed by atoms with Gasteiger partial charge in [-0.05, 0) is 37.6 Å². The Morgan fingerprint density at radius 1 is 0.882 bits per heavy atom. The fraction of sp³-hybridized carbons (Fsp3) is 0.500. The first-order valence-electron chi connectivity index (χ1n) is 5.20. The standard InChI is InChI=1S/C8H20O4Si4.Pt/c1-7-16(8-2)11-14(3,4)9-13-10-15(5,6)12-16;/h7-8H,1-2,13H2,3-6H3;. The van der Waals surface area contributed by atoms with Crippen LogP contribution in [-0.2, 0) is 37.5 Å². The van der Waals surface area contributed by atoms with Gasteiger partial charge in [0.25, 0.3) is 10.0 Å². The van der Waals surface area contributed by atoms with E-state index in [2.05, 4.69) is 13.2 Å². The molecule has 1 heterocycles. The second-order valence-electron chi connectivity index (χ2n) is 4.54. The molecule has 0 N–H and O–H groups in total. The van der Waals surface area contributed by atoms with Crippen molar-refractivity contribution in [2.75, 3.05) is 0 Å². The molecule has 0 radical (unpaired) electrons. The van der Waals surface area contributed by atoms with E-state index in [9.17, 15) is 0 Å². The molecule has 0 amide bonds. The van der Waals surface area contributed by atoms with Crippen LogP contribution in [0.3, 0.4) is 0 Å². The molecule has 0 unspecified atom stereocenters. The first-order chi connectivity index (χ1) is 7.24. The maximum atomic E-state index is 6.09. The SMILES string of the molecule is C=C[Si]1(C=C)O[Si](C)(C)O[SiH2]O[Si](C)(C)O1.[Pt]. The van der Waals surface area contributed by atoms with E-state index in [4.69, 9.17) is 16.5 Å². The fourth-order valence-electron chi connectivity index (χ4n) is 1.41. The second-order valence-corrected chi connectivity index (χ2v) is 16.6. The molecule has 17 heavy (non-hydrogen) atoms. The van der Waals surface area contributed by atoms with Gasteiger partial charge in [0.2, 0.25) is 0 Å². The number of hydrogen-bond donors (Lipinski definition) is 0. The first kappa shape index (κ1) is 17.9. The van der Waals surface area contributed by atoms with Gasteiger partial charge in [-0.1, -0.05) is 0 Å². The quantitative estimate of drug-likeness (QED) is 0.552. The largest absolute Gasteiger partial charge is 0.420 e. The van der Waals surface area contributed by atoms with Gasteiger partial charge < -0.3 is 16.5 Å². The summed E-state index contributed by atoms with van der Waals surface area (Å²) in [5.41, 5.74) is 3.51. The van der Waals surface area contributed by atoms with E-state index < -0.39 is 35.7 Å². The minimum atomic E-state index is -2.56. The van der Waals surface area contributed by atoms with E-state index in [-0.39, 0.29) is 21.1 Å². The third kappa shape index (κ3) is 5.17. The molecule has 1 fully saturated rings. The van der Waals surface area contributed by atoms with E-state index in [0.29, 0.717) is 0 Å². The Bertz CT molecular complexity index is 269. The molecule has 0 aliphatic carbocycles. The van der Waals surface area contributed by atoms with Crippen LogP contribution in [0.2, 0.25) is 26.2 Å². The zero-order valence-electron chi connectivity index (χ0n) is 10.7. The van der Waals surface area contributed by atoms with Crippen LogP contribution in [-0.4, -0.2) is 35.7 Å². The summed E-state index contributed by atoms with van der Waals surface area (Å²) < 4.78 is 23.8. The Hall–Kier alpha value is 0.876. The second kappa shape index (κ2) is 6.35. The summed E-state index contributed by atoms with van der Waals surface area (Å²) >= 11 is 0. The molecule has 1 aliphatic heterocycles. The van der Waals surface area contributed by atoms with Crippen LogP contribution in [0.5, 0.6) is 0 Å². The van der Waals surface area contributed by atoms with Crippen LogP contribution in [0.25, 0.3) is 0 Å². The maximum Gasteiger partial charge on any atom is 0.373 e. The molecule has 0 aromatic carbocycles. The minimum absolute atomic E-state index is 0. The third-order valence-corrected chi connectivity index (χ3v) is 16.3. The van der Waals surface area contributed by atoms with E-state index in [1.54, 1.807) is 11.4 Å². The van der Waals surface area contributed by atoms with E-state index >= 15 is 0 Å². The fourth-order valence-corrected chi connectivity index (χ4v) is 14.2. The van der Waals surface area contributed by atoms with Crippen LogP contribution >= 0.6 is 0 Å². The zero-order chi connectivity index (χ0) is 12.4. The molecule has 0 bridgehead atoms. The Balaban J connectivity index is 0.00000256. The molecule has 1 rings (SSSR count). The van der Waals surface area contributed by atoms with Gasteiger partial charge in [0, 0.05) is 21.1 Å². The van der Waals surface area contributed by atoms with Crippen molar-refractivity contribution in [3.05, 3.63) is 24.6 Å². The number of rotatable bonds is 2. The molecule has 0 saturated carbocycles. The van der Waals surface area contributed by atoms with Gasteiger partial charge in [-0.25, -0.2) is 0 Å². The summed E-state index contributed by atoms with van der Waals surface area (Å²) in [4.78, 5) is 0. The van der Waals surface area contributed by atoms with Gasteiger partial charge in [-0.15, -0.1) is 13.2 Å². The van der Waals surface area contributed by atoms with Crippen molar-refractivity contribution in [2.24, 2.45) is 0 Å². The van der Waals surface area contributed by atoms with Crippen LogP contribution in [0.4, 0.5) is 0 Å². The Morgan fingerprint density at radius 3 is 1.53 bits per heavy atom. The van der Waals surface area contributed by atoms with Gasteiger partial charge in [-0.3, -0.25) is 0 Å². The van der Waals surface area contributed by atoms with E-state index in [1.807, 2.05) is 26.2 Å². The Morgan fingerprint density at radius 2 is 1.24 bits per heavy atom. The monoisotopic (exact) mass is 487 g/mol. The van der Waals surface area contributed by atoms with Gasteiger partial charge in [0.15, 0.2) is 0 Å². The summed E-state index contributed by atoms with van der Waals surface area (Å²) in [6, 6.07) is 0. The predicted octanol–water partition coefficient (Wildman–Crippen LogP) is 1.36. The van der Waals surface area contributed by atoms with E-state index in [1.165, 1.54) is 0 Å². The maximum absolute atomic E-state index is 6.09. The average Bonchev–Trinajstić information content (AvgIpc) is 2.13. The van der Waals surface area contributed by atoms with Crippen molar-refractivity contribution in [1.82, 2.24) is 0 Å². The van der Waals surface area contributed by atoms with Crippen molar-refractivity contribution in [3.8, 4) is 0 Å². The average molecular weight is 488 g/mol. The molecule has 9 heteroatoms. The summed E-state index contributed by atoms with van der Waals surface area (Å²) in [5.74, 6) is 0. The van der Waals surface area contributed by atoms with Gasteiger partial charge in [0.1, 0.15) is 0 Å². The van der Waals surface area contributed by atoms with E-state index in [0.717, 1.165) is 0 Å². The molecule has 4 nitrogen and oxygen atoms in total. The molecule has 0 atom stereocenters. The smallest absolute Gasteiger partial charge is 0.373 e. The van der Waals surface area contributed by atoms with Gasteiger partial charge in [-0.2, -0.15) is 0 Å². The summed E-state index contributed by atoms with van der Waals surface area (Å²) in [5, 5.41) is 0. The molecule has 0 spiro atoms. The predicted molar refractivity (Wildman–Crippen MR) is 74.0 cm³/mol. The van der Waals surface area contributed by atoms with Gasteiger partial charge in [0.05, 0.1) is 0 Å². The molecule has 1 saturated heterocycles. The van der Waals surface area contributed by atoms with Gasteiger partial charge >= 0.3 is 25.7 Å². The molecule has 102 valence electrons. The normalized spacial score (nSPS) is 25.9. The minimum Gasteiger partial charge on any atom is -0.420 e. The van der Waals surface area contributed by atoms with Crippen LogP contribution in [0, 0.1) is 0 Å². The summed E-state index contributed by atoms with van der Waals surface area (Å²) in [6.45, 7) is 15.6. The third-order valence-electron chi connectivity index (χ3n) is 2.19. The Labute approximate surface area is 123 Å². The summed E-state index contributed by atoms with van der Waals surface area (Å²) in [6.07, 6.45) is 0. The number of hydrogen-bond acceptors (Lipinski definition) is 4. The zero-order valence-corrected chi connectivity index (χ0v) is 17.4. The van der Waals surface area contributed by atoms with Crippen LogP contribution < -0.4 is 0 Å². The van der Waals surface area contributed by atoms with Crippen molar-refractivity contribution in [2.45, 2.75) is 26.2 Å². The molecular weight excluding hydrogens is 468 g/mol. The summed E-state index contributed by atoms with van der Waals surface area (Å²) in [7, 11) is -7.87. The van der Waals surface area contributed by atoms with Crippen molar-refractivity contribution in [1.29, 1.82) is 0 Å². The first-order valence-corrected chi connectivity index (χ1v) is 14.0. The topological polar surface area (TPSA) is 36.9 Å². The van der Waals surface area contributed by atoms with Crippen LogP contribution in [0.15, 0.2) is 24.6 Å². The molecule has 0 aromatic rings. The Kier molecular flexibility index (Phi) is 6.68. The molecule has 1 aliphatic rings. The van der Waals surface area contributed by atoms with Crippen molar-refractivity contribution < 1.29 is 37.5 Å². The van der Waals surface area contributed by atoms with Crippen LogP contribution in [0.1, 0.15) is 0 Å².